The van der Waals surface area contributed by atoms with Crippen molar-refractivity contribution < 1.29 is 19.4 Å². The van der Waals surface area contributed by atoms with Gasteiger partial charge in [0.2, 0.25) is 5.91 Å². The van der Waals surface area contributed by atoms with E-state index >= 15 is 0 Å². The summed E-state index contributed by atoms with van der Waals surface area (Å²) in [5.41, 5.74) is 0.822. The number of hydrogen-bond donors (Lipinski definition) is 4. The molecule has 0 bridgehead atoms. The first kappa shape index (κ1) is 20.1. The van der Waals surface area contributed by atoms with Crippen molar-refractivity contribution in [3.05, 3.63) is 30.1 Å². The van der Waals surface area contributed by atoms with Crippen LogP contribution in [0.3, 0.4) is 0 Å². The molecule has 1 aromatic heterocycles. The largest absolute Gasteiger partial charge is 0.445 e. The lowest BCUT2D eigenvalue weighted by Crippen LogP contribution is -2.49. The van der Waals surface area contributed by atoms with Crippen molar-refractivity contribution in [1.29, 1.82) is 0 Å². The molecule has 2 unspecified atom stereocenters. The standard InChI is InChI=1S/C18H28N4O4/c1-12(2)7-15(17(24)21-9-14-8-20-10-16(14)23)22-18(25)26-11-13-3-5-19-6-4-13/h3-6,12,14-16,20,23H,7-11H2,1-2H3,(H,21,24)(H,22,25)/t14?,15-,16?/m0/s1. The third-order valence-electron chi connectivity index (χ3n) is 4.28. The average molecular weight is 364 g/mol. The number of amides is 2. The summed E-state index contributed by atoms with van der Waals surface area (Å²) < 4.78 is 5.18. The van der Waals surface area contributed by atoms with Gasteiger partial charge in [0.25, 0.3) is 0 Å². The van der Waals surface area contributed by atoms with Crippen LogP contribution in [0.1, 0.15) is 25.8 Å². The molecule has 8 heteroatoms. The number of rotatable bonds is 8. The van der Waals surface area contributed by atoms with E-state index in [1.54, 1.807) is 24.5 Å². The molecule has 1 fully saturated rings. The van der Waals surface area contributed by atoms with Crippen LogP contribution in [-0.2, 0) is 16.1 Å². The third kappa shape index (κ3) is 6.61. The lowest BCUT2D eigenvalue weighted by atomic mass is 10.0. The van der Waals surface area contributed by atoms with Crippen molar-refractivity contribution in [2.75, 3.05) is 19.6 Å². The van der Waals surface area contributed by atoms with E-state index in [2.05, 4.69) is 20.9 Å². The second-order valence-electron chi connectivity index (χ2n) is 6.99. The molecule has 2 heterocycles. The molecule has 3 atom stereocenters. The minimum atomic E-state index is -0.675. The van der Waals surface area contributed by atoms with Crippen LogP contribution in [0.25, 0.3) is 0 Å². The third-order valence-corrected chi connectivity index (χ3v) is 4.28. The van der Waals surface area contributed by atoms with E-state index in [-0.39, 0.29) is 24.3 Å². The van der Waals surface area contributed by atoms with Crippen molar-refractivity contribution >= 4 is 12.0 Å². The average Bonchev–Trinajstić information content (AvgIpc) is 3.03. The van der Waals surface area contributed by atoms with Gasteiger partial charge in [0.05, 0.1) is 6.10 Å². The van der Waals surface area contributed by atoms with E-state index in [4.69, 9.17) is 4.74 Å². The van der Waals surface area contributed by atoms with Crippen LogP contribution >= 0.6 is 0 Å². The molecule has 144 valence electrons. The SMILES string of the molecule is CC(C)C[C@H](NC(=O)OCc1ccncc1)C(=O)NCC1CNCC1O. The highest BCUT2D eigenvalue weighted by atomic mass is 16.5. The number of aliphatic hydroxyl groups excluding tert-OH is 1. The van der Waals surface area contributed by atoms with Gasteiger partial charge in [-0.15, -0.1) is 0 Å². The van der Waals surface area contributed by atoms with Crippen LogP contribution in [-0.4, -0.2) is 53.9 Å². The number of carbonyl (C=O) groups excluding carboxylic acids is 2. The molecule has 0 spiro atoms. The summed E-state index contributed by atoms with van der Waals surface area (Å²) in [6, 6.07) is 2.84. The van der Waals surface area contributed by atoms with Crippen molar-refractivity contribution in [3.8, 4) is 0 Å². The van der Waals surface area contributed by atoms with Gasteiger partial charge in [0.1, 0.15) is 12.6 Å². The lowest BCUT2D eigenvalue weighted by molar-refractivity contribution is -0.123. The van der Waals surface area contributed by atoms with Gasteiger partial charge in [0, 0.05) is 37.9 Å². The van der Waals surface area contributed by atoms with E-state index in [1.807, 2.05) is 13.8 Å². The van der Waals surface area contributed by atoms with Gasteiger partial charge in [-0.3, -0.25) is 9.78 Å². The number of alkyl carbamates (subject to hydrolysis) is 1. The van der Waals surface area contributed by atoms with Gasteiger partial charge < -0.3 is 25.8 Å². The van der Waals surface area contributed by atoms with Gasteiger partial charge in [-0.2, -0.15) is 0 Å². The van der Waals surface area contributed by atoms with Crippen molar-refractivity contribution in [2.24, 2.45) is 11.8 Å². The first-order valence-corrected chi connectivity index (χ1v) is 8.94. The van der Waals surface area contributed by atoms with Crippen LogP contribution in [0.15, 0.2) is 24.5 Å². The van der Waals surface area contributed by atoms with E-state index < -0.39 is 18.2 Å². The normalized spacial score (nSPS) is 20.6. The van der Waals surface area contributed by atoms with E-state index in [0.29, 0.717) is 26.1 Å². The molecule has 1 aliphatic rings. The Hall–Kier alpha value is -2.19. The Morgan fingerprint density at radius 2 is 2.08 bits per heavy atom. The van der Waals surface area contributed by atoms with E-state index in [9.17, 15) is 14.7 Å². The van der Waals surface area contributed by atoms with Crippen molar-refractivity contribution in [2.45, 2.75) is 39.0 Å². The first-order chi connectivity index (χ1) is 12.5. The number of nitrogens with one attached hydrogen (secondary N) is 3. The number of aromatic nitrogens is 1. The molecule has 1 saturated heterocycles. The molecular formula is C18H28N4O4. The summed E-state index contributed by atoms with van der Waals surface area (Å²) in [5, 5.41) is 18.3. The van der Waals surface area contributed by atoms with Crippen molar-refractivity contribution in [3.63, 3.8) is 0 Å². The van der Waals surface area contributed by atoms with Gasteiger partial charge >= 0.3 is 6.09 Å². The summed E-state index contributed by atoms with van der Waals surface area (Å²) in [5.74, 6) is -0.0547. The Morgan fingerprint density at radius 1 is 1.35 bits per heavy atom. The zero-order valence-corrected chi connectivity index (χ0v) is 15.3. The van der Waals surface area contributed by atoms with Gasteiger partial charge in [-0.25, -0.2) is 4.79 Å². The zero-order valence-electron chi connectivity index (χ0n) is 15.3. The predicted octanol–water partition coefficient (Wildman–Crippen LogP) is 0.419. The Morgan fingerprint density at radius 3 is 2.69 bits per heavy atom. The molecule has 1 aromatic rings. The van der Waals surface area contributed by atoms with Crippen molar-refractivity contribution in [1.82, 2.24) is 20.9 Å². The number of β-amino-alcohol motifs (C(OH)–C–C–N with tert-alkyl or cyclic N) is 1. The minimum Gasteiger partial charge on any atom is -0.445 e. The molecule has 0 saturated carbocycles. The molecule has 26 heavy (non-hydrogen) atoms. The summed E-state index contributed by atoms with van der Waals surface area (Å²) in [7, 11) is 0. The monoisotopic (exact) mass is 364 g/mol. The minimum absolute atomic E-state index is 0.0164. The maximum absolute atomic E-state index is 12.5. The summed E-state index contributed by atoms with van der Waals surface area (Å²) in [6.07, 6.45) is 2.65. The Bertz CT molecular complexity index is 582. The molecular weight excluding hydrogens is 336 g/mol. The topological polar surface area (TPSA) is 113 Å². The van der Waals surface area contributed by atoms with E-state index in [1.165, 1.54) is 0 Å². The first-order valence-electron chi connectivity index (χ1n) is 8.94. The Labute approximate surface area is 153 Å². The number of hydrogen-bond acceptors (Lipinski definition) is 6. The van der Waals surface area contributed by atoms with Crippen LogP contribution in [0, 0.1) is 11.8 Å². The Kier molecular flexibility index (Phi) is 7.80. The quantitative estimate of drug-likeness (QED) is 0.532. The highest BCUT2D eigenvalue weighted by Crippen LogP contribution is 2.09. The second kappa shape index (κ2) is 10.1. The lowest BCUT2D eigenvalue weighted by Gasteiger charge is -2.21. The molecule has 4 N–H and O–H groups in total. The summed E-state index contributed by atoms with van der Waals surface area (Å²) >= 11 is 0. The maximum atomic E-state index is 12.5. The van der Waals surface area contributed by atoms with Gasteiger partial charge in [-0.1, -0.05) is 13.8 Å². The Balaban J connectivity index is 1.82. The zero-order chi connectivity index (χ0) is 18.9. The molecule has 2 amide bonds. The molecule has 0 aliphatic carbocycles. The second-order valence-corrected chi connectivity index (χ2v) is 6.99. The number of aliphatic hydroxyl groups is 1. The predicted molar refractivity (Wildman–Crippen MR) is 96.2 cm³/mol. The molecule has 0 radical (unpaired) electrons. The molecule has 8 nitrogen and oxygen atoms in total. The number of ether oxygens (including phenoxy) is 1. The molecule has 1 aliphatic heterocycles. The van der Waals surface area contributed by atoms with Gasteiger partial charge in [-0.05, 0) is 30.0 Å². The molecule has 2 rings (SSSR count). The number of pyridine rings is 1. The van der Waals surface area contributed by atoms with Crippen LogP contribution in [0.5, 0.6) is 0 Å². The fourth-order valence-electron chi connectivity index (χ4n) is 2.80. The van der Waals surface area contributed by atoms with E-state index in [0.717, 1.165) is 5.56 Å². The highest BCUT2D eigenvalue weighted by molar-refractivity contribution is 5.85. The fraction of sp³-hybridized carbons (Fsp3) is 0.611. The van der Waals surface area contributed by atoms with Crippen LogP contribution in [0.2, 0.25) is 0 Å². The van der Waals surface area contributed by atoms with Gasteiger partial charge in [0.15, 0.2) is 0 Å². The van der Waals surface area contributed by atoms with Crippen LogP contribution < -0.4 is 16.0 Å². The number of carbonyl (C=O) groups is 2. The number of nitrogens with zero attached hydrogens (tertiary/aromatic N) is 1. The highest BCUT2D eigenvalue weighted by Gasteiger charge is 2.27. The van der Waals surface area contributed by atoms with Crippen LogP contribution in [0.4, 0.5) is 4.79 Å². The summed E-state index contributed by atoms with van der Waals surface area (Å²) in [4.78, 5) is 28.4. The maximum Gasteiger partial charge on any atom is 0.408 e. The smallest absolute Gasteiger partial charge is 0.408 e. The summed E-state index contributed by atoms with van der Waals surface area (Å²) in [6.45, 7) is 5.65. The fourth-order valence-corrected chi connectivity index (χ4v) is 2.80. The molecule has 0 aromatic carbocycles.